The molecule has 10 rings (SSSR count). The fourth-order valence-electron chi connectivity index (χ4n) is 8.81. The molecule has 0 aliphatic carbocycles. The molecule has 0 fully saturated rings. The second-order valence-corrected chi connectivity index (χ2v) is 15.2. The van der Waals surface area contributed by atoms with Crippen molar-refractivity contribution in [2.45, 2.75) is 52.1 Å². The second kappa shape index (κ2) is 13.6. The maximum absolute atomic E-state index is 6.31. The van der Waals surface area contributed by atoms with Crippen LogP contribution in [0.2, 0.25) is 0 Å². The van der Waals surface area contributed by atoms with E-state index in [2.05, 4.69) is 172 Å². The molecule has 0 radical (unpaired) electrons. The van der Waals surface area contributed by atoms with Gasteiger partial charge < -0.3 is 9.47 Å². The van der Waals surface area contributed by atoms with Crippen LogP contribution in [0.25, 0.3) is 64.6 Å². The minimum atomic E-state index is 0.383. The Balaban J connectivity index is 0.757. The molecule has 2 atom stereocenters. The third kappa shape index (κ3) is 5.74. The Bertz CT molecular complexity index is 2670. The van der Waals surface area contributed by atoms with Gasteiger partial charge in [0.2, 0.25) is 0 Å². The van der Waals surface area contributed by atoms with E-state index in [9.17, 15) is 0 Å². The zero-order valence-electron chi connectivity index (χ0n) is 30.8. The van der Waals surface area contributed by atoms with Crippen LogP contribution in [0.3, 0.4) is 0 Å². The molecular weight excluding hydrogens is 657 g/mol. The van der Waals surface area contributed by atoms with Crippen molar-refractivity contribution in [1.82, 2.24) is 0 Å². The lowest BCUT2D eigenvalue weighted by Crippen LogP contribution is -2.05. The molecule has 0 N–H and O–H groups in total. The van der Waals surface area contributed by atoms with Gasteiger partial charge in [0.05, 0.1) is 26.4 Å². The van der Waals surface area contributed by atoms with E-state index in [0.717, 1.165) is 0 Å². The van der Waals surface area contributed by atoms with E-state index in [4.69, 9.17) is 9.47 Å². The second-order valence-electron chi connectivity index (χ2n) is 15.2. The highest BCUT2D eigenvalue weighted by molar-refractivity contribution is 6.24. The number of hydrogen-bond donors (Lipinski definition) is 0. The van der Waals surface area contributed by atoms with Crippen LogP contribution < -0.4 is 0 Å². The van der Waals surface area contributed by atoms with Gasteiger partial charge in [-0.05, 0) is 110 Å². The van der Waals surface area contributed by atoms with E-state index in [0.29, 0.717) is 38.3 Å². The Morgan fingerprint density at radius 3 is 1.06 bits per heavy atom. The predicted octanol–water partition coefficient (Wildman–Crippen LogP) is 13.8. The standard InChI is InChI=1S/C52H42O2/c1-33(37-13-9-35(10-14-37)29-53-31-45-23-21-43-19-17-39-5-3-7-41-25-27-47(45)51(43)49(39)41)34(2)38-15-11-36(12-16-38)30-54-32-46-24-22-44-20-18-40-6-4-8-42-26-28-48(46)52(44)50(40)42/h3-28,33-34H,29-32H2,1-2H3. The topological polar surface area (TPSA) is 18.5 Å². The number of hydrogen-bond acceptors (Lipinski definition) is 2. The van der Waals surface area contributed by atoms with Crippen LogP contribution in [0.5, 0.6) is 0 Å². The molecular formula is C52H42O2. The molecule has 2 unspecified atom stereocenters. The first-order chi connectivity index (χ1) is 26.6. The highest BCUT2D eigenvalue weighted by atomic mass is 16.5. The summed E-state index contributed by atoms with van der Waals surface area (Å²) in [6.45, 7) is 7.02. The zero-order valence-corrected chi connectivity index (χ0v) is 30.8. The van der Waals surface area contributed by atoms with E-state index in [1.165, 1.54) is 98.0 Å². The Hall–Kier alpha value is -5.80. The number of rotatable bonds is 11. The minimum Gasteiger partial charge on any atom is -0.372 e. The average molecular weight is 699 g/mol. The largest absolute Gasteiger partial charge is 0.372 e. The summed E-state index contributed by atoms with van der Waals surface area (Å²) in [5, 5.41) is 15.7. The molecule has 54 heavy (non-hydrogen) atoms. The molecule has 2 heteroatoms. The van der Waals surface area contributed by atoms with Gasteiger partial charge in [0, 0.05) is 0 Å². The van der Waals surface area contributed by atoms with Crippen molar-refractivity contribution in [1.29, 1.82) is 0 Å². The van der Waals surface area contributed by atoms with Gasteiger partial charge in [0.25, 0.3) is 0 Å². The van der Waals surface area contributed by atoms with Crippen LogP contribution in [0, 0.1) is 0 Å². The van der Waals surface area contributed by atoms with Crippen LogP contribution in [0.4, 0.5) is 0 Å². The van der Waals surface area contributed by atoms with E-state index in [1.54, 1.807) is 0 Å². The Morgan fingerprint density at radius 2 is 0.667 bits per heavy atom. The van der Waals surface area contributed by atoms with E-state index in [-0.39, 0.29) is 0 Å². The summed E-state index contributed by atoms with van der Waals surface area (Å²) in [5.41, 5.74) is 7.56. The number of benzene rings is 10. The Kier molecular flexibility index (Phi) is 8.24. The van der Waals surface area contributed by atoms with Crippen molar-refractivity contribution < 1.29 is 9.47 Å². The fourth-order valence-corrected chi connectivity index (χ4v) is 8.81. The molecule has 0 aliphatic rings. The molecule has 2 nitrogen and oxygen atoms in total. The van der Waals surface area contributed by atoms with Crippen LogP contribution in [0.1, 0.15) is 59.1 Å². The van der Waals surface area contributed by atoms with Crippen molar-refractivity contribution in [3.8, 4) is 0 Å². The summed E-state index contributed by atoms with van der Waals surface area (Å²) in [5.74, 6) is 0.766. The smallest absolute Gasteiger partial charge is 0.0727 e. The summed E-state index contributed by atoms with van der Waals surface area (Å²) in [4.78, 5) is 0. The van der Waals surface area contributed by atoms with Crippen LogP contribution in [-0.2, 0) is 35.9 Å². The lowest BCUT2D eigenvalue weighted by molar-refractivity contribution is 0.108. The van der Waals surface area contributed by atoms with Gasteiger partial charge in [-0.3, -0.25) is 0 Å². The molecule has 0 saturated carbocycles. The first kappa shape index (κ1) is 32.8. The molecule has 0 aromatic heterocycles. The summed E-state index contributed by atoms with van der Waals surface area (Å²) < 4.78 is 12.6. The first-order valence-electron chi connectivity index (χ1n) is 19.2. The summed E-state index contributed by atoms with van der Waals surface area (Å²) in [6.07, 6.45) is 0. The Labute approximate surface area is 316 Å². The van der Waals surface area contributed by atoms with Gasteiger partial charge >= 0.3 is 0 Å². The van der Waals surface area contributed by atoms with Crippen molar-refractivity contribution >= 4 is 64.6 Å². The van der Waals surface area contributed by atoms with Gasteiger partial charge in [-0.2, -0.15) is 0 Å². The van der Waals surface area contributed by atoms with Gasteiger partial charge in [-0.25, -0.2) is 0 Å². The van der Waals surface area contributed by atoms with Crippen LogP contribution in [0.15, 0.2) is 158 Å². The summed E-state index contributed by atoms with van der Waals surface area (Å²) in [6, 6.07) is 58.0. The lowest BCUT2D eigenvalue weighted by atomic mass is 9.83. The molecule has 10 aromatic carbocycles. The minimum absolute atomic E-state index is 0.383. The van der Waals surface area contributed by atoms with Gasteiger partial charge in [-0.1, -0.05) is 172 Å². The van der Waals surface area contributed by atoms with Gasteiger partial charge in [0.15, 0.2) is 0 Å². The van der Waals surface area contributed by atoms with Crippen molar-refractivity contribution in [3.63, 3.8) is 0 Å². The molecule has 262 valence electrons. The molecule has 0 heterocycles. The molecule has 0 spiro atoms. The maximum atomic E-state index is 6.31. The van der Waals surface area contributed by atoms with Crippen LogP contribution >= 0.6 is 0 Å². The summed E-state index contributed by atoms with van der Waals surface area (Å²) in [7, 11) is 0. The predicted molar refractivity (Wildman–Crippen MR) is 227 cm³/mol. The summed E-state index contributed by atoms with van der Waals surface area (Å²) >= 11 is 0. The lowest BCUT2D eigenvalue weighted by Gasteiger charge is -2.21. The van der Waals surface area contributed by atoms with Crippen molar-refractivity contribution in [2.24, 2.45) is 0 Å². The van der Waals surface area contributed by atoms with E-state index >= 15 is 0 Å². The molecule has 0 amide bonds. The molecule has 0 saturated heterocycles. The van der Waals surface area contributed by atoms with Crippen molar-refractivity contribution in [3.05, 3.63) is 191 Å². The van der Waals surface area contributed by atoms with E-state index < -0.39 is 0 Å². The zero-order chi connectivity index (χ0) is 36.2. The monoisotopic (exact) mass is 698 g/mol. The molecule has 10 aromatic rings. The van der Waals surface area contributed by atoms with Crippen molar-refractivity contribution in [2.75, 3.05) is 0 Å². The average Bonchev–Trinajstić information content (AvgIpc) is 3.22. The first-order valence-corrected chi connectivity index (χ1v) is 19.2. The fraction of sp³-hybridized carbons (Fsp3) is 0.154. The maximum Gasteiger partial charge on any atom is 0.0727 e. The van der Waals surface area contributed by atoms with Gasteiger partial charge in [0.1, 0.15) is 0 Å². The third-order valence-electron chi connectivity index (χ3n) is 12.1. The third-order valence-corrected chi connectivity index (χ3v) is 12.1. The molecule has 0 aliphatic heterocycles. The van der Waals surface area contributed by atoms with E-state index in [1.807, 2.05) is 0 Å². The highest BCUT2D eigenvalue weighted by Gasteiger charge is 2.17. The quantitative estimate of drug-likeness (QED) is 0.125. The van der Waals surface area contributed by atoms with Gasteiger partial charge in [-0.15, -0.1) is 0 Å². The SMILES string of the molecule is CC(c1ccc(COCc2ccc3ccc4cccc5ccc2c3c45)cc1)C(C)c1ccc(COCc2ccc3ccc4cccc5ccc2c3c45)cc1. The van der Waals surface area contributed by atoms with Crippen LogP contribution in [-0.4, -0.2) is 0 Å². The number of ether oxygens (including phenoxy) is 2. The Morgan fingerprint density at radius 1 is 0.333 bits per heavy atom. The molecule has 0 bridgehead atoms. The normalized spacial score (nSPS) is 13.3. The highest BCUT2D eigenvalue weighted by Crippen LogP contribution is 2.38.